The Morgan fingerprint density at radius 3 is 2.32 bits per heavy atom. The first-order valence-corrected chi connectivity index (χ1v) is 10.9. The molecule has 2 aromatic heterocycles. The van der Waals surface area contributed by atoms with Gasteiger partial charge < -0.3 is 4.42 Å². The fourth-order valence-electron chi connectivity index (χ4n) is 4.18. The van der Waals surface area contributed by atoms with Gasteiger partial charge >= 0.3 is 0 Å². The number of rotatable bonds is 3. The summed E-state index contributed by atoms with van der Waals surface area (Å²) in [5.74, 6) is -0.426. The SMILES string of the molecule is CCN1C(=O)C(C#N)=C(C)/C(=C/c2cc3sc(-c4c(C)cc(C)cc4C)cc3o2)C1=O. The Kier molecular flexibility index (Phi) is 5.16. The Balaban J connectivity index is 1.77. The molecule has 2 amide bonds. The molecule has 1 aliphatic rings. The van der Waals surface area contributed by atoms with Crippen molar-refractivity contribution in [2.45, 2.75) is 34.6 Å². The third-order valence-corrected chi connectivity index (χ3v) is 6.66. The number of carbonyl (C=O) groups is 2. The first-order chi connectivity index (χ1) is 14.7. The molecule has 0 saturated carbocycles. The third kappa shape index (κ3) is 3.41. The molecule has 0 bridgehead atoms. The van der Waals surface area contributed by atoms with Crippen LogP contribution in [0, 0.1) is 32.1 Å². The fourth-order valence-corrected chi connectivity index (χ4v) is 5.38. The van der Waals surface area contributed by atoms with Crippen LogP contribution >= 0.6 is 11.3 Å². The molecule has 1 aliphatic heterocycles. The molecule has 0 N–H and O–H groups in total. The smallest absolute Gasteiger partial charge is 0.271 e. The lowest BCUT2D eigenvalue weighted by Gasteiger charge is -2.25. The van der Waals surface area contributed by atoms with Crippen LogP contribution < -0.4 is 0 Å². The first kappa shape index (κ1) is 20.8. The van der Waals surface area contributed by atoms with E-state index in [1.165, 1.54) is 22.3 Å². The minimum Gasteiger partial charge on any atom is -0.456 e. The maximum absolute atomic E-state index is 12.8. The number of carbonyl (C=O) groups excluding carboxylic acids is 2. The van der Waals surface area contributed by atoms with Gasteiger partial charge in [0.15, 0.2) is 0 Å². The summed E-state index contributed by atoms with van der Waals surface area (Å²) in [6.07, 6.45) is 1.62. The van der Waals surface area contributed by atoms with Gasteiger partial charge in [0.1, 0.15) is 23.0 Å². The van der Waals surface area contributed by atoms with Crippen molar-refractivity contribution < 1.29 is 14.0 Å². The summed E-state index contributed by atoms with van der Waals surface area (Å²) in [5, 5.41) is 9.38. The van der Waals surface area contributed by atoms with Crippen LogP contribution in [0.2, 0.25) is 0 Å². The molecule has 3 heterocycles. The van der Waals surface area contributed by atoms with Crippen molar-refractivity contribution in [1.29, 1.82) is 5.26 Å². The number of nitriles is 1. The molecule has 0 fully saturated rings. The molecular formula is C25H22N2O3S. The zero-order valence-electron chi connectivity index (χ0n) is 18.1. The molecule has 0 spiro atoms. The van der Waals surface area contributed by atoms with E-state index in [0.717, 1.165) is 20.1 Å². The lowest BCUT2D eigenvalue weighted by Crippen LogP contribution is -2.42. The van der Waals surface area contributed by atoms with Crippen molar-refractivity contribution in [3.63, 3.8) is 0 Å². The minimum atomic E-state index is -0.543. The van der Waals surface area contributed by atoms with E-state index in [9.17, 15) is 14.9 Å². The van der Waals surface area contributed by atoms with Crippen LogP contribution in [-0.2, 0) is 9.59 Å². The van der Waals surface area contributed by atoms with Gasteiger partial charge in [0.25, 0.3) is 11.8 Å². The average Bonchev–Trinajstić information content (AvgIpc) is 3.23. The molecule has 0 radical (unpaired) electrons. The topological polar surface area (TPSA) is 74.3 Å². The summed E-state index contributed by atoms with van der Waals surface area (Å²) in [7, 11) is 0. The Labute approximate surface area is 184 Å². The number of likely N-dealkylation sites (N-methyl/N-ethyl adjacent to an activating group) is 1. The zero-order valence-corrected chi connectivity index (χ0v) is 18.9. The predicted octanol–water partition coefficient (Wildman–Crippen LogP) is 5.70. The van der Waals surface area contributed by atoms with Crippen LogP contribution in [0.15, 0.2) is 45.4 Å². The maximum Gasteiger partial charge on any atom is 0.271 e. The van der Waals surface area contributed by atoms with E-state index in [2.05, 4.69) is 32.9 Å². The molecule has 156 valence electrons. The van der Waals surface area contributed by atoms with E-state index in [1.807, 2.05) is 18.2 Å². The van der Waals surface area contributed by atoms with Gasteiger partial charge in [-0.05, 0) is 63.0 Å². The summed E-state index contributed by atoms with van der Waals surface area (Å²) in [6.45, 7) is 9.87. The van der Waals surface area contributed by atoms with E-state index in [1.54, 1.807) is 31.3 Å². The van der Waals surface area contributed by atoms with Gasteiger partial charge in [0, 0.05) is 29.1 Å². The van der Waals surface area contributed by atoms with Gasteiger partial charge in [-0.15, -0.1) is 11.3 Å². The van der Waals surface area contributed by atoms with Crippen LogP contribution in [0.4, 0.5) is 0 Å². The van der Waals surface area contributed by atoms with Crippen molar-refractivity contribution in [1.82, 2.24) is 4.90 Å². The quantitative estimate of drug-likeness (QED) is 0.395. The van der Waals surface area contributed by atoms with E-state index >= 15 is 0 Å². The monoisotopic (exact) mass is 430 g/mol. The molecule has 1 aromatic carbocycles. The molecule has 6 heteroatoms. The predicted molar refractivity (Wildman–Crippen MR) is 122 cm³/mol. The first-order valence-electron chi connectivity index (χ1n) is 10.1. The molecule has 0 atom stereocenters. The zero-order chi connectivity index (χ0) is 22.4. The summed E-state index contributed by atoms with van der Waals surface area (Å²) < 4.78 is 6.99. The number of amides is 2. The Hall–Kier alpha value is -3.43. The van der Waals surface area contributed by atoms with Crippen molar-refractivity contribution in [3.05, 3.63) is 63.4 Å². The summed E-state index contributed by atoms with van der Waals surface area (Å²) in [6, 6.07) is 10.2. The van der Waals surface area contributed by atoms with Gasteiger partial charge in [0.2, 0.25) is 0 Å². The van der Waals surface area contributed by atoms with Gasteiger partial charge in [-0.2, -0.15) is 5.26 Å². The van der Waals surface area contributed by atoms with E-state index in [-0.39, 0.29) is 12.1 Å². The van der Waals surface area contributed by atoms with E-state index in [0.29, 0.717) is 16.9 Å². The molecule has 0 unspecified atom stereocenters. The van der Waals surface area contributed by atoms with Gasteiger partial charge in [0.05, 0.1) is 4.70 Å². The molecule has 4 rings (SSSR count). The highest BCUT2D eigenvalue weighted by Gasteiger charge is 2.34. The average molecular weight is 431 g/mol. The van der Waals surface area contributed by atoms with Crippen molar-refractivity contribution >= 4 is 39.5 Å². The number of hydrogen-bond donors (Lipinski definition) is 0. The van der Waals surface area contributed by atoms with Crippen molar-refractivity contribution in [2.24, 2.45) is 0 Å². The summed E-state index contributed by atoms with van der Waals surface area (Å²) in [5.41, 5.74) is 6.35. The standard InChI is InChI=1S/C25H22N2O3S/c1-6-27-24(28)18(16(5)19(12-26)25(27)29)9-17-10-21-20(30-17)11-22(31-21)23-14(3)7-13(2)8-15(23)4/h7-11H,6H2,1-5H3/b18-9-. The molecular weight excluding hydrogens is 408 g/mol. The minimum absolute atomic E-state index is 0.00586. The van der Waals surface area contributed by atoms with Crippen LogP contribution in [0.5, 0.6) is 0 Å². The lowest BCUT2D eigenvalue weighted by molar-refractivity contribution is -0.140. The normalized spacial score (nSPS) is 16.0. The Morgan fingerprint density at radius 1 is 1.06 bits per heavy atom. The molecule has 0 aliphatic carbocycles. The number of nitrogens with zero attached hydrogens (tertiary/aromatic N) is 2. The number of aryl methyl sites for hydroxylation is 3. The number of furan rings is 1. The second-order valence-corrected chi connectivity index (χ2v) is 8.87. The highest BCUT2D eigenvalue weighted by molar-refractivity contribution is 7.22. The Bertz CT molecular complexity index is 1310. The van der Waals surface area contributed by atoms with E-state index < -0.39 is 11.8 Å². The van der Waals surface area contributed by atoms with Gasteiger partial charge in [-0.25, -0.2) is 0 Å². The molecule has 31 heavy (non-hydrogen) atoms. The Morgan fingerprint density at radius 2 is 1.74 bits per heavy atom. The second kappa shape index (κ2) is 7.68. The largest absolute Gasteiger partial charge is 0.456 e. The highest BCUT2D eigenvalue weighted by Crippen LogP contribution is 2.39. The van der Waals surface area contributed by atoms with Crippen LogP contribution in [-0.4, -0.2) is 23.3 Å². The number of hydrogen-bond acceptors (Lipinski definition) is 5. The molecule has 3 aromatic rings. The van der Waals surface area contributed by atoms with Crippen molar-refractivity contribution in [3.8, 4) is 16.5 Å². The maximum atomic E-state index is 12.8. The third-order valence-electron chi connectivity index (χ3n) is 5.58. The summed E-state index contributed by atoms with van der Waals surface area (Å²) >= 11 is 1.64. The van der Waals surface area contributed by atoms with E-state index in [4.69, 9.17) is 4.42 Å². The summed E-state index contributed by atoms with van der Waals surface area (Å²) in [4.78, 5) is 27.4. The second-order valence-electron chi connectivity index (χ2n) is 7.79. The van der Waals surface area contributed by atoms with Crippen LogP contribution in [0.3, 0.4) is 0 Å². The molecule has 0 saturated heterocycles. The van der Waals surface area contributed by atoms with Crippen LogP contribution in [0.25, 0.3) is 26.8 Å². The molecule has 5 nitrogen and oxygen atoms in total. The number of fused-ring (bicyclic) bond motifs is 1. The van der Waals surface area contributed by atoms with Crippen LogP contribution in [0.1, 0.15) is 36.3 Å². The highest BCUT2D eigenvalue weighted by atomic mass is 32.1. The lowest BCUT2D eigenvalue weighted by atomic mass is 9.95. The number of thiophene rings is 1. The number of benzene rings is 1. The number of imide groups is 1. The van der Waals surface area contributed by atoms with Gasteiger partial charge in [-0.1, -0.05) is 17.7 Å². The fraction of sp³-hybridized carbons (Fsp3) is 0.240. The van der Waals surface area contributed by atoms with Gasteiger partial charge in [-0.3, -0.25) is 14.5 Å². The van der Waals surface area contributed by atoms with Crippen molar-refractivity contribution in [2.75, 3.05) is 6.54 Å².